The molecule has 0 saturated heterocycles. The number of rotatable bonds is 15. The lowest BCUT2D eigenvalue weighted by molar-refractivity contribution is -0.127. The van der Waals surface area contributed by atoms with Crippen molar-refractivity contribution in [2.45, 2.75) is 74.4 Å². The Morgan fingerprint density at radius 1 is 1.19 bits per heavy atom. The molecule has 0 aliphatic rings. The first-order valence-corrected chi connectivity index (χ1v) is 14.6. The number of halogens is 1. The molecule has 0 fully saturated rings. The Morgan fingerprint density at radius 2 is 1.78 bits per heavy atom. The van der Waals surface area contributed by atoms with E-state index in [4.69, 9.17) is 0 Å². The molecule has 0 bridgehead atoms. The number of likely N-dealkylation sites (N-methyl/N-ethyl adjacent to an activating group) is 1. The molecule has 0 heterocycles. The molecule has 8 heteroatoms. The van der Waals surface area contributed by atoms with Gasteiger partial charge in [-0.3, -0.25) is 9.59 Å². The Kier molecular flexibility index (Phi) is 16.7. The zero-order valence-electron chi connectivity index (χ0n) is 24.7. The third-order valence-corrected chi connectivity index (χ3v) is 6.87. The van der Waals surface area contributed by atoms with Gasteiger partial charge in [-0.25, -0.2) is 4.39 Å². The lowest BCUT2D eigenvalue weighted by Crippen LogP contribution is -2.43. The van der Waals surface area contributed by atoms with Crippen molar-refractivity contribution in [1.82, 2.24) is 19.6 Å². The molecule has 210 valence electrons. The molecule has 0 saturated carbocycles. The van der Waals surface area contributed by atoms with Crippen LogP contribution >= 0.6 is 11.8 Å². The summed E-state index contributed by atoms with van der Waals surface area (Å²) in [6, 6.07) is 4.81. The molecule has 0 radical (unpaired) electrons. The average molecular weight is 537 g/mol. The van der Waals surface area contributed by atoms with Crippen LogP contribution in [0.2, 0.25) is 0 Å². The summed E-state index contributed by atoms with van der Waals surface area (Å²) >= 11 is 1.73. The van der Waals surface area contributed by atoms with E-state index in [9.17, 15) is 14.0 Å². The molecule has 0 unspecified atom stereocenters. The lowest BCUT2D eigenvalue weighted by Gasteiger charge is -2.38. The van der Waals surface area contributed by atoms with Crippen molar-refractivity contribution in [1.29, 1.82) is 0 Å². The molecular formula is C29H49FN4O2S. The summed E-state index contributed by atoms with van der Waals surface area (Å²) in [4.78, 5) is 33.0. The van der Waals surface area contributed by atoms with E-state index in [1.165, 1.54) is 6.07 Å². The topological polar surface area (TPSA) is 47.1 Å². The minimum absolute atomic E-state index is 0.121. The van der Waals surface area contributed by atoms with Crippen molar-refractivity contribution in [3.63, 3.8) is 0 Å². The average Bonchev–Trinajstić information content (AvgIpc) is 2.87. The molecule has 0 aliphatic heterocycles. The van der Waals surface area contributed by atoms with Crippen LogP contribution in [0.5, 0.6) is 0 Å². The fourth-order valence-electron chi connectivity index (χ4n) is 3.99. The lowest BCUT2D eigenvalue weighted by atomic mass is 10.1. The molecule has 0 spiro atoms. The van der Waals surface area contributed by atoms with Crippen LogP contribution in [0.1, 0.15) is 66.0 Å². The third-order valence-electron chi connectivity index (χ3n) is 6.17. The molecule has 37 heavy (non-hydrogen) atoms. The Morgan fingerprint density at radius 3 is 2.24 bits per heavy atom. The number of carbonyl (C=O) groups excluding carboxylic acids is 2. The molecule has 6 nitrogen and oxygen atoms in total. The van der Waals surface area contributed by atoms with Gasteiger partial charge in [0.2, 0.25) is 6.41 Å². The highest BCUT2D eigenvalue weighted by Crippen LogP contribution is 2.28. The van der Waals surface area contributed by atoms with Gasteiger partial charge in [0.05, 0.1) is 6.54 Å². The molecule has 1 aromatic rings. The number of aryl methyl sites for hydroxylation is 1. The fraction of sp³-hybridized carbons (Fsp3) is 0.586. The van der Waals surface area contributed by atoms with E-state index in [-0.39, 0.29) is 24.3 Å². The molecule has 0 N–H and O–H groups in total. The second-order valence-corrected chi connectivity index (χ2v) is 9.81. The van der Waals surface area contributed by atoms with Gasteiger partial charge >= 0.3 is 0 Å². The third kappa shape index (κ3) is 9.72. The predicted molar refractivity (Wildman–Crippen MR) is 156 cm³/mol. The first-order chi connectivity index (χ1) is 17.5. The van der Waals surface area contributed by atoms with Crippen molar-refractivity contribution in [2.24, 2.45) is 0 Å². The van der Waals surface area contributed by atoms with Crippen molar-refractivity contribution < 1.29 is 14.0 Å². The van der Waals surface area contributed by atoms with Crippen LogP contribution in [0.15, 0.2) is 42.0 Å². The van der Waals surface area contributed by atoms with Gasteiger partial charge in [-0.15, -0.1) is 0 Å². The zero-order chi connectivity index (χ0) is 28.7. The monoisotopic (exact) mass is 536 g/mol. The van der Waals surface area contributed by atoms with Gasteiger partial charge in [0.25, 0.3) is 5.91 Å². The highest BCUT2D eigenvalue weighted by atomic mass is 32.2. The summed E-state index contributed by atoms with van der Waals surface area (Å²) in [6.07, 6.45) is 3.63. The standard InChI is InChI=1S/C27H43FN4O2S.C2H6/c1-10-30(11-2)23(7)31(18-24-21(5)14-12-15-25(24)28)26(22(6)32(19-33)20(3)4)27(34)29(8)16-13-17-35-9;1-2/h12,14-15,19-20H,7,10-11,13,16-18H2,1-6,8-9H3;1-2H3/b26-22+;. The van der Waals surface area contributed by atoms with Crippen molar-refractivity contribution >= 4 is 24.1 Å². The van der Waals surface area contributed by atoms with Crippen LogP contribution in [0.3, 0.4) is 0 Å². The Labute approximate surface area is 229 Å². The van der Waals surface area contributed by atoms with E-state index < -0.39 is 0 Å². The SMILES string of the molecule is C=C(N(CC)CC)N(Cc1c(C)cccc1F)/C(C(=O)N(C)CCCSC)=C(\C)N(C=O)C(C)C.CC. The molecule has 2 amide bonds. The minimum Gasteiger partial charge on any atom is -0.359 e. The van der Waals surface area contributed by atoms with E-state index in [2.05, 4.69) is 6.58 Å². The van der Waals surface area contributed by atoms with Crippen LogP contribution in [-0.2, 0) is 16.1 Å². The van der Waals surface area contributed by atoms with Gasteiger partial charge < -0.3 is 19.6 Å². The zero-order valence-corrected chi connectivity index (χ0v) is 25.5. The number of allylic oxidation sites excluding steroid dienone is 1. The first-order valence-electron chi connectivity index (χ1n) is 13.2. The highest BCUT2D eigenvalue weighted by Gasteiger charge is 2.30. The molecular weight excluding hydrogens is 487 g/mol. The maximum Gasteiger partial charge on any atom is 0.272 e. The number of benzene rings is 1. The largest absolute Gasteiger partial charge is 0.359 e. The summed E-state index contributed by atoms with van der Waals surface area (Å²) in [5.41, 5.74) is 2.12. The van der Waals surface area contributed by atoms with Gasteiger partial charge in [0.1, 0.15) is 17.3 Å². The van der Waals surface area contributed by atoms with Gasteiger partial charge in [0, 0.05) is 44.0 Å². The van der Waals surface area contributed by atoms with Gasteiger partial charge in [-0.1, -0.05) is 32.6 Å². The Balaban J connectivity index is 0.00000631. The fourth-order valence-corrected chi connectivity index (χ4v) is 4.41. The molecule has 0 aliphatic carbocycles. The predicted octanol–water partition coefficient (Wildman–Crippen LogP) is 6.09. The van der Waals surface area contributed by atoms with Crippen LogP contribution < -0.4 is 0 Å². The van der Waals surface area contributed by atoms with Crippen LogP contribution in [0.25, 0.3) is 0 Å². The normalized spacial score (nSPS) is 11.2. The van der Waals surface area contributed by atoms with Gasteiger partial charge in [-0.05, 0) is 71.6 Å². The van der Waals surface area contributed by atoms with Crippen molar-refractivity contribution in [3.05, 3.63) is 58.9 Å². The summed E-state index contributed by atoms with van der Waals surface area (Å²) in [6.45, 7) is 21.8. The molecule has 1 aromatic carbocycles. The van der Waals surface area contributed by atoms with E-state index in [1.54, 1.807) is 46.5 Å². The smallest absolute Gasteiger partial charge is 0.272 e. The van der Waals surface area contributed by atoms with E-state index in [0.29, 0.717) is 42.4 Å². The van der Waals surface area contributed by atoms with E-state index >= 15 is 0 Å². The molecule has 1 rings (SSSR count). The number of amides is 2. The van der Waals surface area contributed by atoms with Gasteiger partial charge in [-0.2, -0.15) is 11.8 Å². The van der Waals surface area contributed by atoms with E-state index in [0.717, 1.165) is 24.1 Å². The maximum absolute atomic E-state index is 15.0. The molecule has 0 aromatic heterocycles. The van der Waals surface area contributed by atoms with Crippen LogP contribution in [0, 0.1) is 12.7 Å². The van der Waals surface area contributed by atoms with Crippen molar-refractivity contribution in [3.8, 4) is 0 Å². The van der Waals surface area contributed by atoms with Crippen LogP contribution in [0.4, 0.5) is 4.39 Å². The van der Waals surface area contributed by atoms with E-state index in [1.807, 2.05) is 65.7 Å². The summed E-state index contributed by atoms with van der Waals surface area (Å²) < 4.78 is 15.0. The quantitative estimate of drug-likeness (QED) is 0.154. The number of carbonyl (C=O) groups is 2. The van der Waals surface area contributed by atoms with Crippen molar-refractivity contribution in [2.75, 3.05) is 38.7 Å². The molecule has 0 atom stereocenters. The number of thioether (sulfide) groups is 1. The maximum atomic E-state index is 15.0. The number of hydrogen-bond donors (Lipinski definition) is 0. The number of nitrogens with zero attached hydrogens (tertiary/aromatic N) is 4. The summed E-state index contributed by atoms with van der Waals surface area (Å²) in [7, 11) is 1.77. The van der Waals surface area contributed by atoms with Crippen LogP contribution in [-0.4, -0.2) is 76.6 Å². The Hall–Kier alpha value is -2.48. The summed E-state index contributed by atoms with van der Waals surface area (Å²) in [5, 5.41) is 0. The minimum atomic E-state index is -0.337. The highest BCUT2D eigenvalue weighted by molar-refractivity contribution is 7.98. The second kappa shape index (κ2) is 17.9. The van der Waals surface area contributed by atoms with Gasteiger partial charge in [0.15, 0.2) is 0 Å². The summed E-state index contributed by atoms with van der Waals surface area (Å²) in [5.74, 6) is 0.967. The Bertz CT molecular complexity index is 880. The second-order valence-electron chi connectivity index (χ2n) is 8.82. The first kappa shape index (κ1) is 34.5. The number of hydrogen-bond acceptors (Lipinski definition) is 5.